The molecule has 31 heavy (non-hydrogen) atoms. The number of fused-ring (bicyclic) bond motifs is 1. The monoisotopic (exact) mass is 446 g/mol. The topological polar surface area (TPSA) is 83.8 Å². The number of hydrogen-bond donors (Lipinski definition) is 3. The molecular weight excluding hydrogens is 412 g/mol. The van der Waals surface area contributed by atoms with Gasteiger partial charge in [-0.15, -0.1) is 11.3 Å². The van der Waals surface area contributed by atoms with E-state index >= 15 is 0 Å². The van der Waals surface area contributed by atoms with Gasteiger partial charge in [0, 0.05) is 36.5 Å². The van der Waals surface area contributed by atoms with Crippen molar-refractivity contribution in [2.45, 2.75) is 70.4 Å². The summed E-state index contributed by atoms with van der Waals surface area (Å²) in [6.45, 7) is 4.72. The Morgan fingerprint density at radius 2 is 2.19 bits per heavy atom. The van der Waals surface area contributed by atoms with E-state index in [0.717, 1.165) is 42.1 Å². The van der Waals surface area contributed by atoms with Crippen LogP contribution in [0.1, 0.15) is 55.8 Å². The van der Waals surface area contributed by atoms with Crippen molar-refractivity contribution in [2.24, 2.45) is 11.8 Å². The summed E-state index contributed by atoms with van der Waals surface area (Å²) in [5.41, 5.74) is 2.64. The smallest absolute Gasteiger partial charge is 0.125 e. The Hall–Kier alpha value is -1.67. The van der Waals surface area contributed by atoms with Gasteiger partial charge < -0.3 is 25.0 Å². The molecule has 3 N–H and O–H groups in total. The lowest BCUT2D eigenvalue weighted by Gasteiger charge is -2.42. The summed E-state index contributed by atoms with van der Waals surface area (Å²) in [6, 6.07) is 6.15. The number of nitrogens with one attached hydrogen (secondary N) is 1. The first-order valence-electron chi connectivity index (χ1n) is 11.4. The SMILES string of the molecule is CCc1ccc(OC[C@@H]2[C@H]3CC[C@](CC)(c4nc(CO)cs4)O[C@H]3C[C@@H]2O)cc1NC. The van der Waals surface area contributed by atoms with Gasteiger partial charge in [0.1, 0.15) is 16.4 Å². The molecule has 0 spiro atoms. The van der Waals surface area contributed by atoms with Gasteiger partial charge in [0.25, 0.3) is 0 Å². The van der Waals surface area contributed by atoms with Crippen molar-refractivity contribution in [3.63, 3.8) is 0 Å². The number of anilines is 1. The van der Waals surface area contributed by atoms with Crippen LogP contribution in [-0.4, -0.2) is 41.1 Å². The molecule has 1 aliphatic carbocycles. The average molecular weight is 447 g/mol. The lowest BCUT2D eigenvalue weighted by molar-refractivity contribution is -0.157. The van der Waals surface area contributed by atoms with Crippen molar-refractivity contribution in [3.05, 3.63) is 39.8 Å². The fourth-order valence-electron chi connectivity index (χ4n) is 5.20. The first-order valence-corrected chi connectivity index (χ1v) is 12.3. The molecule has 2 fully saturated rings. The second-order valence-electron chi connectivity index (χ2n) is 8.71. The Balaban J connectivity index is 1.44. The van der Waals surface area contributed by atoms with Crippen molar-refractivity contribution in [2.75, 3.05) is 19.0 Å². The molecule has 7 heteroatoms. The van der Waals surface area contributed by atoms with Gasteiger partial charge in [0.05, 0.1) is 31.1 Å². The predicted octanol–water partition coefficient (Wildman–Crippen LogP) is 4.10. The Morgan fingerprint density at radius 1 is 1.35 bits per heavy atom. The number of hydrogen-bond acceptors (Lipinski definition) is 7. The zero-order chi connectivity index (χ0) is 22.0. The van der Waals surface area contributed by atoms with Gasteiger partial charge in [-0.25, -0.2) is 4.98 Å². The first-order chi connectivity index (χ1) is 15.0. The van der Waals surface area contributed by atoms with E-state index in [1.54, 1.807) is 11.3 Å². The van der Waals surface area contributed by atoms with E-state index in [1.807, 2.05) is 24.6 Å². The number of aliphatic hydroxyl groups is 2. The van der Waals surface area contributed by atoms with E-state index in [4.69, 9.17) is 9.47 Å². The van der Waals surface area contributed by atoms with Crippen LogP contribution in [-0.2, 0) is 23.4 Å². The maximum Gasteiger partial charge on any atom is 0.125 e. The molecule has 5 atom stereocenters. The molecule has 1 aromatic heterocycles. The summed E-state index contributed by atoms with van der Waals surface area (Å²) in [6.07, 6.45) is 3.88. The number of aryl methyl sites for hydroxylation is 1. The third-order valence-electron chi connectivity index (χ3n) is 7.10. The van der Waals surface area contributed by atoms with Crippen LogP contribution in [0.4, 0.5) is 5.69 Å². The van der Waals surface area contributed by atoms with Crippen LogP contribution in [0.2, 0.25) is 0 Å². The highest BCUT2D eigenvalue weighted by molar-refractivity contribution is 7.09. The van der Waals surface area contributed by atoms with E-state index in [2.05, 4.69) is 30.2 Å². The van der Waals surface area contributed by atoms with Gasteiger partial charge in [-0.2, -0.15) is 0 Å². The van der Waals surface area contributed by atoms with Crippen molar-refractivity contribution in [1.82, 2.24) is 4.98 Å². The fraction of sp³-hybridized carbons (Fsp3) is 0.625. The molecule has 4 rings (SSSR count). The van der Waals surface area contributed by atoms with Gasteiger partial charge in [0.15, 0.2) is 0 Å². The van der Waals surface area contributed by atoms with Crippen LogP contribution >= 0.6 is 11.3 Å². The number of nitrogens with zero attached hydrogens (tertiary/aromatic N) is 1. The number of ether oxygens (including phenoxy) is 2. The lowest BCUT2D eigenvalue weighted by Crippen LogP contribution is -2.42. The summed E-state index contributed by atoms with van der Waals surface area (Å²) < 4.78 is 12.8. The van der Waals surface area contributed by atoms with E-state index in [1.165, 1.54) is 5.56 Å². The molecule has 1 aliphatic heterocycles. The van der Waals surface area contributed by atoms with E-state index in [0.29, 0.717) is 18.7 Å². The maximum atomic E-state index is 10.8. The van der Waals surface area contributed by atoms with Crippen molar-refractivity contribution < 1.29 is 19.7 Å². The second-order valence-corrected chi connectivity index (χ2v) is 9.57. The molecule has 6 nitrogen and oxygen atoms in total. The normalized spacial score (nSPS) is 30.2. The average Bonchev–Trinajstić information content (AvgIpc) is 3.41. The summed E-state index contributed by atoms with van der Waals surface area (Å²) in [5, 5.41) is 26.3. The third kappa shape index (κ3) is 4.33. The van der Waals surface area contributed by atoms with E-state index < -0.39 is 11.7 Å². The van der Waals surface area contributed by atoms with Crippen molar-refractivity contribution in [1.29, 1.82) is 0 Å². The minimum absolute atomic E-state index is 0.00844. The molecule has 1 aromatic carbocycles. The second kappa shape index (κ2) is 9.45. The van der Waals surface area contributed by atoms with Gasteiger partial charge >= 0.3 is 0 Å². The van der Waals surface area contributed by atoms with Crippen LogP contribution in [0.3, 0.4) is 0 Å². The molecule has 0 amide bonds. The molecule has 2 heterocycles. The van der Waals surface area contributed by atoms with Crippen LogP contribution in [0, 0.1) is 11.8 Å². The number of aromatic nitrogens is 1. The standard InChI is InChI=1S/C24H34N2O4S/c1-4-15-6-7-17(10-20(15)25-3)29-13-19-18-8-9-24(5-2,30-22(18)11-21(19)28)23-26-16(12-27)14-31-23/h6-7,10,14,18-19,21-22,25,27-28H,4-5,8-9,11-13H2,1-3H3/t18-,19-,21+,22+,24-/m1/s1. The van der Waals surface area contributed by atoms with Crippen LogP contribution in [0.25, 0.3) is 0 Å². The van der Waals surface area contributed by atoms with Gasteiger partial charge in [-0.05, 0) is 43.2 Å². The summed E-state index contributed by atoms with van der Waals surface area (Å²) in [5.74, 6) is 1.18. The highest BCUT2D eigenvalue weighted by Crippen LogP contribution is 2.50. The summed E-state index contributed by atoms with van der Waals surface area (Å²) >= 11 is 1.56. The highest BCUT2D eigenvalue weighted by Gasteiger charge is 2.51. The molecular formula is C24H34N2O4S. The highest BCUT2D eigenvalue weighted by atomic mass is 32.1. The Bertz CT molecular complexity index is 888. The molecule has 1 saturated carbocycles. The number of benzene rings is 1. The summed E-state index contributed by atoms with van der Waals surface area (Å²) in [4.78, 5) is 4.60. The van der Waals surface area contributed by atoms with Gasteiger partial charge in [0.2, 0.25) is 0 Å². The van der Waals surface area contributed by atoms with E-state index in [-0.39, 0.29) is 24.5 Å². The fourth-order valence-corrected chi connectivity index (χ4v) is 6.26. The van der Waals surface area contributed by atoms with Crippen LogP contribution in [0.15, 0.2) is 23.6 Å². The molecule has 2 aliphatic rings. The molecule has 0 bridgehead atoms. The minimum atomic E-state index is -0.425. The molecule has 2 aromatic rings. The number of thiazole rings is 1. The zero-order valence-corrected chi connectivity index (χ0v) is 19.5. The first kappa shape index (κ1) is 22.5. The van der Waals surface area contributed by atoms with Gasteiger partial charge in [-0.1, -0.05) is 19.9 Å². The lowest BCUT2D eigenvalue weighted by atomic mass is 9.81. The molecule has 0 radical (unpaired) electrons. The molecule has 1 saturated heterocycles. The largest absolute Gasteiger partial charge is 0.493 e. The minimum Gasteiger partial charge on any atom is -0.493 e. The van der Waals surface area contributed by atoms with Crippen molar-refractivity contribution >= 4 is 17.0 Å². The van der Waals surface area contributed by atoms with Crippen LogP contribution < -0.4 is 10.1 Å². The predicted molar refractivity (Wildman–Crippen MR) is 123 cm³/mol. The quantitative estimate of drug-likeness (QED) is 0.566. The van der Waals surface area contributed by atoms with Crippen molar-refractivity contribution in [3.8, 4) is 5.75 Å². The molecule has 0 unspecified atom stereocenters. The number of rotatable bonds is 8. The Labute approximate surface area is 188 Å². The Morgan fingerprint density at radius 3 is 2.87 bits per heavy atom. The molecule has 170 valence electrons. The third-order valence-corrected chi connectivity index (χ3v) is 8.18. The van der Waals surface area contributed by atoms with Gasteiger partial charge in [-0.3, -0.25) is 0 Å². The summed E-state index contributed by atoms with van der Waals surface area (Å²) in [7, 11) is 1.93. The Kier molecular flexibility index (Phi) is 6.86. The van der Waals surface area contributed by atoms with Crippen LogP contribution in [0.5, 0.6) is 5.75 Å². The van der Waals surface area contributed by atoms with E-state index in [9.17, 15) is 10.2 Å². The zero-order valence-electron chi connectivity index (χ0n) is 18.6. The number of aliphatic hydroxyl groups excluding tert-OH is 2. The maximum absolute atomic E-state index is 10.8.